The average molecular weight is 320 g/mol. The van der Waals surface area contributed by atoms with Crippen molar-refractivity contribution in [3.63, 3.8) is 0 Å². The van der Waals surface area contributed by atoms with Gasteiger partial charge in [0.1, 0.15) is 0 Å². The smallest absolute Gasteiger partial charge is 0.251 e. The Bertz CT molecular complexity index is 839. The molecule has 0 radical (unpaired) electrons. The molecule has 0 unspecified atom stereocenters. The first-order chi connectivity index (χ1) is 11.8. The van der Waals surface area contributed by atoms with E-state index in [9.17, 15) is 4.79 Å². The number of carbonyl (C=O) groups excluding carboxylic acids is 1. The second-order valence-electron chi connectivity index (χ2n) is 5.42. The van der Waals surface area contributed by atoms with Crippen molar-refractivity contribution < 1.29 is 4.79 Å². The van der Waals surface area contributed by atoms with E-state index in [4.69, 9.17) is 0 Å². The highest BCUT2D eigenvalue weighted by Gasteiger charge is 2.12. The summed E-state index contributed by atoms with van der Waals surface area (Å²) in [5.74, 6) is -0.0662. The Morgan fingerprint density at radius 1 is 1.17 bits per heavy atom. The second kappa shape index (κ2) is 7.57. The summed E-state index contributed by atoms with van der Waals surface area (Å²) in [4.78, 5) is 14.4. The molecule has 3 aromatic rings. The van der Waals surface area contributed by atoms with Crippen LogP contribution in [0.15, 0.2) is 60.7 Å². The van der Waals surface area contributed by atoms with Gasteiger partial charge in [0.05, 0.1) is 11.2 Å². The van der Waals surface area contributed by atoms with Gasteiger partial charge in [0.2, 0.25) is 0 Å². The summed E-state index contributed by atoms with van der Waals surface area (Å²) in [6, 6.07) is 17.5. The lowest BCUT2D eigenvalue weighted by Crippen LogP contribution is -2.35. The number of aromatic amines is 1. The highest BCUT2D eigenvalue weighted by atomic mass is 16.2. The molecule has 24 heavy (non-hydrogen) atoms. The third-order valence-electron chi connectivity index (χ3n) is 3.80. The fourth-order valence-corrected chi connectivity index (χ4v) is 2.55. The second-order valence-corrected chi connectivity index (χ2v) is 5.42. The van der Waals surface area contributed by atoms with E-state index in [1.807, 2.05) is 61.6 Å². The number of H-pyrrole nitrogens is 1. The lowest BCUT2D eigenvalue weighted by molar-refractivity contribution is -0.114. The first kappa shape index (κ1) is 16.0. The van der Waals surface area contributed by atoms with E-state index in [1.165, 1.54) is 0 Å². The van der Waals surface area contributed by atoms with Crippen LogP contribution in [0.2, 0.25) is 0 Å². The zero-order valence-electron chi connectivity index (χ0n) is 13.6. The van der Waals surface area contributed by atoms with Crippen LogP contribution in [-0.2, 0) is 4.79 Å². The maximum Gasteiger partial charge on any atom is 0.251 e. The number of carbonyl (C=O) groups is 1. The predicted octanol–water partition coefficient (Wildman–Crippen LogP) is 2.83. The van der Waals surface area contributed by atoms with Gasteiger partial charge in [-0.05, 0) is 31.3 Å². The Morgan fingerprint density at radius 3 is 2.71 bits per heavy atom. The molecule has 2 aromatic carbocycles. The van der Waals surface area contributed by atoms with Crippen LogP contribution in [0.25, 0.3) is 17.0 Å². The third-order valence-corrected chi connectivity index (χ3v) is 3.80. The largest absolute Gasteiger partial charge is 0.318 e. The molecule has 0 aliphatic rings. The molecule has 122 valence electrons. The van der Waals surface area contributed by atoms with Crippen molar-refractivity contribution in [2.75, 3.05) is 25.0 Å². The number of hydrogen-bond acceptors (Lipinski definition) is 3. The number of hydrogen-bond donors (Lipinski definition) is 2. The Labute approximate surface area is 141 Å². The number of amides is 1. The molecule has 2 N–H and O–H groups in total. The van der Waals surface area contributed by atoms with Gasteiger partial charge in [-0.3, -0.25) is 9.89 Å². The van der Waals surface area contributed by atoms with Gasteiger partial charge in [0.25, 0.3) is 5.91 Å². The van der Waals surface area contributed by atoms with Gasteiger partial charge >= 0.3 is 0 Å². The molecule has 0 atom stereocenters. The zero-order valence-corrected chi connectivity index (χ0v) is 13.6. The molecule has 0 bridgehead atoms. The average Bonchev–Trinajstić information content (AvgIpc) is 3.04. The third kappa shape index (κ3) is 3.52. The molecule has 0 aliphatic carbocycles. The summed E-state index contributed by atoms with van der Waals surface area (Å²) >= 11 is 0. The first-order valence-corrected chi connectivity index (χ1v) is 7.92. The molecule has 1 heterocycles. The number of anilines is 1. The maximum absolute atomic E-state index is 12.7. The summed E-state index contributed by atoms with van der Waals surface area (Å²) in [7, 11) is 1.87. The Balaban J connectivity index is 1.82. The summed E-state index contributed by atoms with van der Waals surface area (Å²) in [5, 5.41) is 11.3. The quantitative estimate of drug-likeness (QED) is 0.687. The Kier molecular flexibility index (Phi) is 5.03. The highest BCUT2D eigenvalue weighted by Crippen LogP contribution is 2.17. The number of benzene rings is 2. The number of aromatic nitrogens is 2. The molecular formula is C19H20N4O. The van der Waals surface area contributed by atoms with Gasteiger partial charge in [0, 0.05) is 30.2 Å². The van der Waals surface area contributed by atoms with Crippen molar-refractivity contribution >= 4 is 28.6 Å². The molecule has 5 nitrogen and oxygen atoms in total. The molecule has 1 aromatic heterocycles. The van der Waals surface area contributed by atoms with Crippen molar-refractivity contribution in [3.05, 3.63) is 66.4 Å². The van der Waals surface area contributed by atoms with Crippen LogP contribution in [0.5, 0.6) is 0 Å². The molecule has 1 amide bonds. The lowest BCUT2D eigenvalue weighted by atomic mass is 10.2. The van der Waals surface area contributed by atoms with Crippen LogP contribution in [0.4, 0.5) is 5.69 Å². The zero-order chi connectivity index (χ0) is 16.8. The van der Waals surface area contributed by atoms with Crippen LogP contribution >= 0.6 is 0 Å². The van der Waals surface area contributed by atoms with Crippen molar-refractivity contribution in [2.45, 2.75) is 0 Å². The molecule has 0 saturated carbocycles. The molecular weight excluding hydrogens is 300 g/mol. The predicted molar refractivity (Wildman–Crippen MR) is 97.8 cm³/mol. The number of nitrogens with zero attached hydrogens (tertiary/aromatic N) is 2. The summed E-state index contributed by atoms with van der Waals surface area (Å²) in [5.41, 5.74) is 2.61. The number of likely N-dealkylation sites (N-methyl/N-ethyl adjacent to an activating group) is 1. The number of fused-ring (bicyclic) bond motifs is 1. The summed E-state index contributed by atoms with van der Waals surface area (Å²) < 4.78 is 0. The van der Waals surface area contributed by atoms with E-state index in [0.29, 0.717) is 6.54 Å². The van der Waals surface area contributed by atoms with E-state index in [1.54, 1.807) is 17.1 Å². The first-order valence-electron chi connectivity index (χ1n) is 7.92. The van der Waals surface area contributed by atoms with Gasteiger partial charge in [-0.15, -0.1) is 0 Å². The van der Waals surface area contributed by atoms with Crippen LogP contribution < -0.4 is 10.2 Å². The van der Waals surface area contributed by atoms with Gasteiger partial charge < -0.3 is 10.2 Å². The number of para-hydroxylation sites is 2. The standard InChI is InChI=1S/C19H20N4O/c1-20-13-14-23(15-7-3-2-4-8-15)19(24)12-11-18-16-9-5-6-10-17(16)21-22-18/h2-12,20H,13-14H2,1H3,(H,21,22)/b12-11+. The van der Waals surface area contributed by atoms with Crippen molar-refractivity contribution in [3.8, 4) is 0 Å². The minimum Gasteiger partial charge on any atom is -0.318 e. The van der Waals surface area contributed by atoms with Crippen LogP contribution in [0.1, 0.15) is 5.69 Å². The van der Waals surface area contributed by atoms with Crippen molar-refractivity contribution in [1.82, 2.24) is 15.5 Å². The minimum absolute atomic E-state index is 0.0662. The van der Waals surface area contributed by atoms with E-state index in [2.05, 4.69) is 15.5 Å². The molecule has 0 spiro atoms. The number of nitrogens with one attached hydrogen (secondary N) is 2. The van der Waals surface area contributed by atoms with Crippen molar-refractivity contribution in [2.24, 2.45) is 0 Å². The fraction of sp³-hybridized carbons (Fsp3) is 0.158. The van der Waals surface area contributed by atoms with Gasteiger partial charge in [-0.2, -0.15) is 5.10 Å². The molecule has 0 saturated heterocycles. The van der Waals surface area contributed by atoms with Gasteiger partial charge in [-0.1, -0.05) is 36.4 Å². The normalized spacial score (nSPS) is 11.2. The Hall–Kier alpha value is -2.92. The minimum atomic E-state index is -0.0662. The van der Waals surface area contributed by atoms with E-state index >= 15 is 0 Å². The van der Waals surface area contributed by atoms with E-state index < -0.39 is 0 Å². The fourth-order valence-electron chi connectivity index (χ4n) is 2.55. The van der Waals surface area contributed by atoms with E-state index in [-0.39, 0.29) is 5.91 Å². The van der Waals surface area contributed by atoms with Crippen molar-refractivity contribution in [1.29, 1.82) is 0 Å². The SMILES string of the molecule is CNCCN(C(=O)/C=C/c1n[nH]c2ccccc12)c1ccccc1. The van der Waals surface area contributed by atoms with Crippen LogP contribution in [0.3, 0.4) is 0 Å². The summed E-state index contributed by atoms with van der Waals surface area (Å²) in [6.45, 7) is 1.32. The van der Waals surface area contributed by atoms with Gasteiger partial charge in [0.15, 0.2) is 0 Å². The molecule has 5 heteroatoms. The summed E-state index contributed by atoms with van der Waals surface area (Å²) in [6.07, 6.45) is 3.34. The molecule has 3 rings (SSSR count). The van der Waals surface area contributed by atoms with Gasteiger partial charge in [-0.25, -0.2) is 0 Å². The highest BCUT2D eigenvalue weighted by molar-refractivity contribution is 6.04. The number of rotatable bonds is 6. The van der Waals surface area contributed by atoms with Crippen LogP contribution in [0, 0.1) is 0 Å². The Morgan fingerprint density at radius 2 is 1.92 bits per heavy atom. The molecule has 0 fully saturated rings. The maximum atomic E-state index is 12.7. The topological polar surface area (TPSA) is 61.0 Å². The van der Waals surface area contributed by atoms with Crippen LogP contribution in [-0.4, -0.2) is 36.2 Å². The molecule has 0 aliphatic heterocycles. The monoisotopic (exact) mass is 320 g/mol. The van der Waals surface area contributed by atoms with E-state index in [0.717, 1.165) is 28.8 Å². The lowest BCUT2D eigenvalue weighted by Gasteiger charge is -2.21.